The molecule has 0 aromatic rings. The first kappa shape index (κ1) is 58.3. The van der Waals surface area contributed by atoms with Crippen molar-refractivity contribution in [2.75, 3.05) is 41.0 Å². The van der Waals surface area contributed by atoms with Gasteiger partial charge >= 0.3 is 17.9 Å². The maximum absolute atomic E-state index is 12.7. The molecule has 0 aliphatic heterocycles. The average molecular weight is 859 g/mol. The topological polar surface area (TPSA) is 99.1 Å². The lowest BCUT2D eigenvalue weighted by Gasteiger charge is -2.31. The first-order valence-corrected chi connectivity index (χ1v) is 25.2. The third-order valence-corrected chi connectivity index (χ3v) is 11.2. The van der Waals surface area contributed by atoms with E-state index in [-0.39, 0.29) is 36.2 Å². The number of carbonyl (C=O) groups excluding carboxylic acids is 2. The second kappa shape index (κ2) is 43.9. The monoisotopic (exact) mass is 859 g/mol. The van der Waals surface area contributed by atoms with E-state index in [1.807, 2.05) is 21.1 Å². The number of carboxylic acids is 1. The van der Waals surface area contributed by atoms with E-state index in [4.69, 9.17) is 14.2 Å². The van der Waals surface area contributed by atoms with Crippen LogP contribution in [0.5, 0.6) is 0 Å². The number of allylic oxidation sites excluding steroid dienone is 8. The zero-order valence-electron chi connectivity index (χ0n) is 40.4. The van der Waals surface area contributed by atoms with Crippen LogP contribution in [-0.4, -0.2) is 80.6 Å². The van der Waals surface area contributed by atoms with Crippen LogP contribution in [0.15, 0.2) is 48.6 Å². The van der Waals surface area contributed by atoms with Crippen molar-refractivity contribution in [1.82, 2.24) is 0 Å². The van der Waals surface area contributed by atoms with Crippen LogP contribution in [0.2, 0.25) is 0 Å². The van der Waals surface area contributed by atoms with Crippen molar-refractivity contribution in [2.45, 2.75) is 231 Å². The van der Waals surface area contributed by atoms with Gasteiger partial charge in [-0.3, -0.25) is 9.59 Å². The molecule has 0 bridgehead atoms. The zero-order chi connectivity index (χ0) is 44.9. The summed E-state index contributed by atoms with van der Waals surface area (Å²) in [5, 5.41) is 9.64. The van der Waals surface area contributed by atoms with Gasteiger partial charge in [0, 0.05) is 19.3 Å². The van der Waals surface area contributed by atoms with Gasteiger partial charge in [0.2, 0.25) is 0 Å². The smallest absolute Gasteiger partial charge is 0.362 e. The van der Waals surface area contributed by atoms with Crippen LogP contribution in [0, 0.1) is 0 Å². The zero-order valence-corrected chi connectivity index (χ0v) is 40.4. The van der Waals surface area contributed by atoms with Crippen LogP contribution >= 0.6 is 0 Å². The number of carbonyl (C=O) groups is 3. The molecule has 0 fully saturated rings. The lowest BCUT2D eigenvalue weighted by Crippen LogP contribution is -2.50. The van der Waals surface area contributed by atoms with Crippen LogP contribution < -0.4 is 0 Å². The van der Waals surface area contributed by atoms with Crippen LogP contribution in [0.1, 0.15) is 219 Å². The molecule has 0 amide bonds. The molecule has 0 aliphatic carbocycles. The SMILES string of the molecule is CC/C=C/C/C=C/CCCCCCCCCC(=O)OC(COCCC(C(=O)O)[N+](C)(C)C)COC(=O)CCCCCCCCC/C=C/C/C=C/CCCCCCCCCCC. The van der Waals surface area contributed by atoms with Crippen LogP contribution in [-0.2, 0) is 28.6 Å². The fourth-order valence-corrected chi connectivity index (χ4v) is 7.34. The molecule has 0 radical (unpaired) electrons. The summed E-state index contributed by atoms with van der Waals surface area (Å²) in [6.45, 7) is 4.63. The Balaban J connectivity index is 4.23. The predicted molar refractivity (Wildman–Crippen MR) is 257 cm³/mol. The Hall–Kier alpha value is -2.71. The van der Waals surface area contributed by atoms with E-state index in [2.05, 4.69) is 62.5 Å². The first-order chi connectivity index (χ1) is 29.6. The van der Waals surface area contributed by atoms with E-state index in [0.717, 1.165) is 70.6 Å². The molecular weight excluding hydrogens is 763 g/mol. The molecule has 2 unspecified atom stereocenters. The Morgan fingerprint density at radius 3 is 1.34 bits per heavy atom. The quantitative estimate of drug-likeness (QED) is 0.0282. The molecule has 0 aliphatic rings. The van der Waals surface area contributed by atoms with Gasteiger partial charge in [0.1, 0.15) is 6.61 Å². The standard InChI is InChI=1S/C53H95NO7/c1-6-8-10-12-14-16-18-20-22-23-24-25-26-27-28-29-30-32-33-35-37-39-41-43-51(55)60-48-49(47-59-46-45-50(53(57)58)54(3,4)5)61-52(56)44-42-40-38-36-34-31-21-19-17-15-13-11-9-7-2/h9,11,15,17,24-25,27-28,49-50H,6-8,10,12-14,16,18-23,26,29-48H2,1-5H3/p+1/b11-9+,17-15+,25-24+,28-27+. The van der Waals surface area contributed by atoms with E-state index >= 15 is 0 Å². The van der Waals surface area contributed by atoms with Crippen molar-refractivity contribution < 1.29 is 38.2 Å². The minimum absolute atomic E-state index is 0.0550. The highest BCUT2D eigenvalue weighted by Gasteiger charge is 2.31. The van der Waals surface area contributed by atoms with E-state index < -0.39 is 18.1 Å². The summed E-state index contributed by atoms with van der Waals surface area (Å²) in [6.07, 6.45) is 53.1. The van der Waals surface area contributed by atoms with Crippen LogP contribution in [0.4, 0.5) is 0 Å². The molecule has 0 saturated heterocycles. The van der Waals surface area contributed by atoms with Gasteiger partial charge in [-0.2, -0.15) is 0 Å². The van der Waals surface area contributed by atoms with Gasteiger partial charge in [-0.25, -0.2) is 4.79 Å². The number of unbranched alkanes of at least 4 members (excludes halogenated alkanes) is 23. The number of ether oxygens (including phenoxy) is 3. The van der Waals surface area contributed by atoms with Crippen LogP contribution in [0.25, 0.3) is 0 Å². The largest absolute Gasteiger partial charge is 0.477 e. The fraction of sp³-hybridized carbons (Fsp3) is 0.792. The summed E-state index contributed by atoms with van der Waals surface area (Å²) < 4.78 is 17.3. The van der Waals surface area contributed by atoms with Crippen molar-refractivity contribution >= 4 is 17.9 Å². The van der Waals surface area contributed by atoms with Gasteiger partial charge in [0.05, 0.1) is 34.4 Å². The van der Waals surface area contributed by atoms with Gasteiger partial charge in [-0.15, -0.1) is 0 Å². The molecule has 0 heterocycles. The van der Waals surface area contributed by atoms with Gasteiger partial charge in [0.25, 0.3) is 0 Å². The van der Waals surface area contributed by atoms with Crippen molar-refractivity contribution in [3.05, 3.63) is 48.6 Å². The van der Waals surface area contributed by atoms with Crippen LogP contribution in [0.3, 0.4) is 0 Å². The van der Waals surface area contributed by atoms with E-state index in [0.29, 0.717) is 19.3 Å². The molecule has 61 heavy (non-hydrogen) atoms. The van der Waals surface area contributed by atoms with Gasteiger partial charge in [0.15, 0.2) is 12.1 Å². The maximum Gasteiger partial charge on any atom is 0.362 e. The Bertz CT molecular complexity index is 1140. The highest BCUT2D eigenvalue weighted by atomic mass is 16.6. The molecule has 2 atom stereocenters. The molecule has 0 saturated carbocycles. The van der Waals surface area contributed by atoms with Gasteiger partial charge in [-0.1, -0.05) is 178 Å². The van der Waals surface area contributed by atoms with E-state index in [1.165, 1.54) is 116 Å². The van der Waals surface area contributed by atoms with E-state index in [1.54, 1.807) is 0 Å². The van der Waals surface area contributed by atoms with Gasteiger partial charge in [-0.05, 0) is 70.6 Å². The average Bonchev–Trinajstić information content (AvgIpc) is 3.22. The number of nitrogens with zero attached hydrogens (tertiary/aromatic N) is 1. The summed E-state index contributed by atoms with van der Waals surface area (Å²) in [7, 11) is 5.53. The second-order valence-corrected chi connectivity index (χ2v) is 18.0. The number of hydrogen-bond donors (Lipinski definition) is 1. The third-order valence-electron chi connectivity index (χ3n) is 11.2. The molecule has 354 valence electrons. The fourth-order valence-electron chi connectivity index (χ4n) is 7.34. The predicted octanol–water partition coefficient (Wildman–Crippen LogP) is 14.4. The molecule has 0 aromatic carbocycles. The van der Waals surface area contributed by atoms with Crippen molar-refractivity contribution in [2.24, 2.45) is 0 Å². The molecular formula is C53H96NO7+. The number of quaternary nitrogens is 1. The summed E-state index contributed by atoms with van der Waals surface area (Å²) in [4.78, 5) is 37.1. The number of rotatable bonds is 45. The van der Waals surface area contributed by atoms with Crippen molar-refractivity contribution in [1.29, 1.82) is 0 Å². The molecule has 1 N–H and O–H groups in total. The lowest BCUT2D eigenvalue weighted by atomic mass is 10.1. The minimum atomic E-state index is -0.878. The van der Waals surface area contributed by atoms with Crippen molar-refractivity contribution in [3.63, 3.8) is 0 Å². The third kappa shape index (κ3) is 42.4. The molecule has 0 aromatic heterocycles. The Labute approximate surface area is 376 Å². The number of esters is 2. The van der Waals surface area contributed by atoms with Crippen molar-refractivity contribution in [3.8, 4) is 0 Å². The Kier molecular flexibility index (Phi) is 42.0. The highest BCUT2D eigenvalue weighted by Crippen LogP contribution is 2.15. The molecule has 8 heteroatoms. The summed E-state index contributed by atoms with van der Waals surface area (Å²) in [6, 6.07) is -0.618. The normalized spacial score (nSPS) is 13.3. The summed E-state index contributed by atoms with van der Waals surface area (Å²) in [5.74, 6) is -1.48. The molecule has 0 rings (SSSR count). The first-order valence-electron chi connectivity index (χ1n) is 25.2. The number of hydrogen-bond acceptors (Lipinski definition) is 6. The number of aliphatic carboxylic acids is 1. The van der Waals surface area contributed by atoms with Gasteiger partial charge < -0.3 is 23.8 Å². The summed E-state index contributed by atoms with van der Waals surface area (Å²) in [5.41, 5.74) is 0. The maximum atomic E-state index is 12.7. The highest BCUT2D eigenvalue weighted by molar-refractivity contribution is 5.72. The lowest BCUT2D eigenvalue weighted by molar-refractivity contribution is -0.887. The number of carboxylic acid groups (broad SMARTS) is 1. The molecule has 8 nitrogen and oxygen atoms in total. The van der Waals surface area contributed by atoms with E-state index in [9.17, 15) is 19.5 Å². The molecule has 0 spiro atoms. The number of likely N-dealkylation sites (N-methyl/N-ethyl adjacent to an activating group) is 1. The Morgan fingerprint density at radius 2 is 0.918 bits per heavy atom. The minimum Gasteiger partial charge on any atom is -0.477 e. The Morgan fingerprint density at radius 1 is 0.508 bits per heavy atom. The summed E-state index contributed by atoms with van der Waals surface area (Å²) >= 11 is 0. The second-order valence-electron chi connectivity index (χ2n) is 18.0.